The summed E-state index contributed by atoms with van der Waals surface area (Å²) in [6.07, 6.45) is 0.548. The van der Waals surface area contributed by atoms with Gasteiger partial charge >= 0.3 is 0 Å². The smallest absolute Gasteiger partial charge is 0.255 e. The first-order chi connectivity index (χ1) is 12.9. The number of nitrogens with one attached hydrogen (secondary N) is 2. The number of hydrogen-bond acceptors (Lipinski definition) is 5. The number of anilines is 1. The fourth-order valence-corrected chi connectivity index (χ4v) is 3.48. The van der Waals surface area contributed by atoms with Crippen molar-refractivity contribution >= 4 is 33.2 Å². The van der Waals surface area contributed by atoms with Gasteiger partial charge in [0.25, 0.3) is 5.91 Å². The van der Waals surface area contributed by atoms with Gasteiger partial charge in [-0.05, 0) is 48.9 Å². The Kier molecular flexibility index (Phi) is 7.61. The number of methoxy groups -OCH3 is 2. The van der Waals surface area contributed by atoms with Crippen molar-refractivity contribution in [2.45, 2.75) is 11.3 Å². The molecule has 0 aliphatic heterocycles. The normalized spacial score (nSPS) is 11.2. The monoisotopic (exact) mass is 412 g/mol. The standard InChI is InChI=1S/C18H21ClN2O5S/c1-25-11-3-10-20-27(23,24)15-8-9-17(26-2)16(12-15)21-18(22)13-4-6-14(19)7-5-13/h4-9,12,20H,3,10-11H2,1-2H3,(H,21,22). The maximum atomic E-state index is 12.4. The zero-order valence-corrected chi connectivity index (χ0v) is 16.6. The molecule has 27 heavy (non-hydrogen) atoms. The Balaban J connectivity index is 2.21. The van der Waals surface area contributed by atoms with Gasteiger partial charge in [0, 0.05) is 30.8 Å². The van der Waals surface area contributed by atoms with Crippen molar-refractivity contribution in [3.8, 4) is 5.75 Å². The van der Waals surface area contributed by atoms with Crippen molar-refractivity contribution in [2.75, 3.05) is 32.7 Å². The van der Waals surface area contributed by atoms with Crippen molar-refractivity contribution < 1.29 is 22.7 Å². The number of carbonyl (C=O) groups is 1. The summed E-state index contributed by atoms with van der Waals surface area (Å²) in [5.74, 6) is -0.0665. The van der Waals surface area contributed by atoms with E-state index in [1.165, 1.54) is 25.3 Å². The van der Waals surface area contributed by atoms with Crippen LogP contribution in [0.25, 0.3) is 0 Å². The lowest BCUT2D eigenvalue weighted by atomic mass is 10.2. The molecule has 2 aromatic rings. The fourth-order valence-electron chi connectivity index (χ4n) is 2.25. The number of benzene rings is 2. The predicted octanol–water partition coefficient (Wildman–Crippen LogP) is 2.92. The molecule has 0 heterocycles. The average Bonchev–Trinajstić information content (AvgIpc) is 2.65. The zero-order chi connectivity index (χ0) is 19.9. The summed E-state index contributed by atoms with van der Waals surface area (Å²) in [6, 6.07) is 10.6. The molecule has 0 aromatic heterocycles. The van der Waals surface area contributed by atoms with Gasteiger partial charge in [-0.3, -0.25) is 4.79 Å². The zero-order valence-electron chi connectivity index (χ0n) is 15.0. The maximum absolute atomic E-state index is 12.4. The lowest BCUT2D eigenvalue weighted by Gasteiger charge is -2.13. The number of carbonyl (C=O) groups excluding carboxylic acids is 1. The number of sulfonamides is 1. The number of hydrogen-bond donors (Lipinski definition) is 2. The van der Waals surface area contributed by atoms with E-state index in [0.717, 1.165) is 0 Å². The van der Waals surface area contributed by atoms with Crippen LogP contribution in [0.5, 0.6) is 5.75 Å². The number of rotatable bonds is 9. The molecule has 9 heteroatoms. The summed E-state index contributed by atoms with van der Waals surface area (Å²) < 4.78 is 37.4. The van der Waals surface area contributed by atoms with E-state index in [-0.39, 0.29) is 17.1 Å². The molecule has 0 spiro atoms. The summed E-state index contributed by atoms with van der Waals surface area (Å²) in [7, 11) is -0.740. The molecule has 1 amide bonds. The van der Waals surface area contributed by atoms with Crippen LogP contribution >= 0.6 is 11.6 Å². The molecule has 0 unspecified atom stereocenters. The second kappa shape index (κ2) is 9.70. The first kappa shape index (κ1) is 21.2. The highest BCUT2D eigenvalue weighted by atomic mass is 35.5. The lowest BCUT2D eigenvalue weighted by molar-refractivity contribution is 0.102. The van der Waals surface area contributed by atoms with Crippen LogP contribution in [0.4, 0.5) is 5.69 Å². The summed E-state index contributed by atoms with van der Waals surface area (Å²) in [5.41, 5.74) is 0.629. The third-order valence-electron chi connectivity index (χ3n) is 3.65. The molecule has 0 radical (unpaired) electrons. The largest absolute Gasteiger partial charge is 0.495 e. The Morgan fingerprint density at radius 2 is 1.81 bits per heavy atom. The minimum Gasteiger partial charge on any atom is -0.495 e. The minimum atomic E-state index is -3.72. The van der Waals surface area contributed by atoms with Gasteiger partial charge in [-0.25, -0.2) is 13.1 Å². The van der Waals surface area contributed by atoms with Gasteiger partial charge in [0.15, 0.2) is 0 Å². The minimum absolute atomic E-state index is 0.0205. The Hall–Kier alpha value is -2.13. The summed E-state index contributed by atoms with van der Waals surface area (Å²) in [6.45, 7) is 0.697. The molecule has 7 nitrogen and oxygen atoms in total. The first-order valence-electron chi connectivity index (χ1n) is 8.11. The second-order valence-electron chi connectivity index (χ2n) is 5.57. The molecule has 0 bridgehead atoms. The maximum Gasteiger partial charge on any atom is 0.255 e. The summed E-state index contributed by atoms with van der Waals surface area (Å²) >= 11 is 5.82. The highest BCUT2D eigenvalue weighted by molar-refractivity contribution is 7.89. The van der Waals surface area contributed by atoms with Crippen molar-refractivity contribution in [2.24, 2.45) is 0 Å². The van der Waals surface area contributed by atoms with E-state index >= 15 is 0 Å². The van der Waals surface area contributed by atoms with Crippen LogP contribution < -0.4 is 14.8 Å². The van der Waals surface area contributed by atoms with E-state index in [9.17, 15) is 13.2 Å². The molecule has 146 valence electrons. The lowest BCUT2D eigenvalue weighted by Crippen LogP contribution is -2.25. The van der Waals surface area contributed by atoms with E-state index in [2.05, 4.69) is 10.0 Å². The molecule has 2 rings (SSSR count). The van der Waals surface area contributed by atoms with Gasteiger partial charge < -0.3 is 14.8 Å². The van der Waals surface area contributed by atoms with E-state index in [1.54, 1.807) is 31.4 Å². The van der Waals surface area contributed by atoms with Crippen molar-refractivity contribution in [1.82, 2.24) is 4.72 Å². The quantitative estimate of drug-likeness (QED) is 0.617. The Bertz CT molecular complexity index is 885. The second-order valence-corrected chi connectivity index (χ2v) is 7.77. The van der Waals surface area contributed by atoms with Gasteiger partial charge in [-0.1, -0.05) is 11.6 Å². The van der Waals surface area contributed by atoms with Gasteiger partial charge in [0.1, 0.15) is 5.75 Å². The molecule has 0 saturated carbocycles. The highest BCUT2D eigenvalue weighted by Gasteiger charge is 2.17. The van der Waals surface area contributed by atoms with Crippen molar-refractivity contribution in [1.29, 1.82) is 0 Å². The van der Waals surface area contributed by atoms with Crippen LogP contribution in [0, 0.1) is 0 Å². The van der Waals surface area contributed by atoms with Gasteiger partial charge in [0.2, 0.25) is 10.0 Å². The molecule has 0 aliphatic carbocycles. The molecule has 2 aromatic carbocycles. The van der Waals surface area contributed by atoms with Crippen LogP contribution in [-0.4, -0.2) is 41.7 Å². The van der Waals surface area contributed by atoms with E-state index in [1.807, 2.05) is 0 Å². The Morgan fingerprint density at radius 1 is 1.11 bits per heavy atom. The van der Waals surface area contributed by atoms with Crippen molar-refractivity contribution in [3.05, 3.63) is 53.1 Å². The number of amides is 1. The SMILES string of the molecule is COCCCNS(=O)(=O)c1ccc(OC)c(NC(=O)c2ccc(Cl)cc2)c1. The van der Waals surface area contributed by atoms with E-state index in [0.29, 0.717) is 29.4 Å². The Morgan fingerprint density at radius 3 is 2.44 bits per heavy atom. The van der Waals surface area contributed by atoms with Crippen LogP contribution in [0.1, 0.15) is 16.8 Å². The van der Waals surface area contributed by atoms with Crippen LogP contribution in [0.3, 0.4) is 0 Å². The van der Waals surface area contributed by atoms with E-state index in [4.69, 9.17) is 21.1 Å². The van der Waals surface area contributed by atoms with Gasteiger partial charge in [0.05, 0.1) is 17.7 Å². The fraction of sp³-hybridized carbons (Fsp3) is 0.278. The van der Waals surface area contributed by atoms with Crippen LogP contribution in [0.15, 0.2) is 47.4 Å². The third kappa shape index (κ3) is 5.93. The van der Waals surface area contributed by atoms with Gasteiger partial charge in [-0.2, -0.15) is 0 Å². The molecule has 0 aliphatic rings. The van der Waals surface area contributed by atoms with Gasteiger partial charge in [-0.15, -0.1) is 0 Å². The molecule has 0 atom stereocenters. The topological polar surface area (TPSA) is 93.7 Å². The van der Waals surface area contributed by atoms with Crippen LogP contribution in [-0.2, 0) is 14.8 Å². The Labute approximate surface area is 163 Å². The first-order valence-corrected chi connectivity index (χ1v) is 9.97. The van der Waals surface area contributed by atoms with Crippen LogP contribution in [0.2, 0.25) is 5.02 Å². The molecular weight excluding hydrogens is 392 g/mol. The molecule has 0 saturated heterocycles. The predicted molar refractivity (Wildman–Crippen MR) is 104 cm³/mol. The summed E-state index contributed by atoms with van der Waals surface area (Å²) in [4.78, 5) is 12.4. The average molecular weight is 413 g/mol. The molecular formula is C18H21ClN2O5S. The summed E-state index contributed by atoms with van der Waals surface area (Å²) in [5, 5.41) is 3.18. The van der Waals surface area contributed by atoms with Crippen molar-refractivity contribution in [3.63, 3.8) is 0 Å². The number of ether oxygens (including phenoxy) is 2. The van der Waals surface area contributed by atoms with E-state index < -0.39 is 15.9 Å². The molecule has 0 fully saturated rings. The molecule has 2 N–H and O–H groups in total. The number of halogens is 1. The third-order valence-corrected chi connectivity index (χ3v) is 5.36. The highest BCUT2D eigenvalue weighted by Crippen LogP contribution is 2.28.